The molecule has 7 heteroatoms. The zero-order valence-corrected chi connectivity index (χ0v) is 16.5. The first-order valence-electron chi connectivity index (χ1n) is 10.5. The minimum Gasteiger partial charge on any atom is -0.349 e. The normalized spacial score (nSPS) is 21.8. The number of amides is 3. The Bertz CT molecular complexity index is 844. The predicted octanol–water partition coefficient (Wildman–Crippen LogP) is 1.69. The maximum absolute atomic E-state index is 12.7. The first kappa shape index (κ1) is 19.6. The molecule has 1 saturated heterocycles. The van der Waals surface area contributed by atoms with E-state index in [4.69, 9.17) is 0 Å². The Kier molecular flexibility index (Phi) is 5.65. The second-order valence-corrected chi connectivity index (χ2v) is 8.33. The topological polar surface area (TPSA) is 95.6 Å². The van der Waals surface area contributed by atoms with Crippen LogP contribution in [0.25, 0.3) is 0 Å². The average Bonchev–Trinajstić information content (AvgIpc) is 3.29. The molecule has 2 fully saturated rings. The Morgan fingerprint density at radius 3 is 2.69 bits per heavy atom. The van der Waals surface area contributed by atoms with Crippen molar-refractivity contribution in [3.63, 3.8) is 0 Å². The van der Waals surface area contributed by atoms with Crippen molar-refractivity contribution in [1.29, 1.82) is 0 Å². The van der Waals surface area contributed by atoms with Gasteiger partial charge in [0.05, 0.1) is 0 Å². The molecule has 29 heavy (non-hydrogen) atoms. The maximum Gasteiger partial charge on any atom is 0.289 e. The molecule has 1 aliphatic carbocycles. The van der Waals surface area contributed by atoms with Crippen molar-refractivity contribution in [2.45, 2.75) is 64.1 Å². The monoisotopic (exact) mass is 397 g/mol. The van der Waals surface area contributed by atoms with Gasteiger partial charge in [0.2, 0.25) is 11.7 Å². The molecule has 0 aromatic heterocycles. The number of carbonyl (C=O) groups excluding carboxylic acids is 4. The second-order valence-electron chi connectivity index (χ2n) is 8.33. The molecule has 1 saturated carbocycles. The lowest BCUT2D eigenvalue weighted by Crippen LogP contribution is -2.46. The van der Waals surface area contributed by atoms with Gasteiger partial charge in [0, 0.05) is 31.6 Å². The minimum absolute atomic E-state index is 0.0912. The summed E-state index contributed by atoms with van der Waals surface area (Å²) in [7, 11) is 0. The molecule has 4 rings (SSSR count). The van der Waals surface area contributed by atoms with E-state index in [-0.39, 0.29) is 24.8 Å². The van der Waals surface area contributed by atoms with Gasteiger partial charge in [-0.15, -0.1) is 0 Å². The first-order valence-corrected chi connectivity index (χ1v) is 10.5. The van der Waals surface area contributed by atoms with Crippen molar-refractivity contribution < 1.29 is 19.2 Å². The molecule has 0 bridgehead atoms. The standard InChI is InChI=1S/C22H27N3O4/c26-19-9-8-18(20(27)22(29)23-11-14-4-2-1-3-5-14)25(19)13-15-6-7-17-16(10-15)12-24-21(17)28/h6-7,10,14,18H,1-5,8-9,11-13H2,(H,23,29)(H,24,28). The van der Waals surface area contributed by atoms with E-state index in [1.54, 1.807) is 12.1 Å². The highest BCUT2D eigenvalue weighted by Crippen LogP contribution is 2.25. The number of nitrogens with zero attached hydrogens (tertiary/aromatic N) is 1. The number of benzene rings is 1. The lowest BCUT2D eigenvalue weighted by Gasteiger charge is -2.25. The van der Waals surface area contributed by atoms with Gasteiger partial charge in [0.25, 0.3) is 11.8 Å². The lowest BCUT2D eigenvalue weighted by molar-refractivity contribution is -0.143. The van der Waals surface area contributed by atoms with Gasteiger partial charge in [0.15, 0.2) is 0 Å². The second kappa shape index (κ2) is 8.35. The number of carbonyl (C=O) groups is 4. The summed E-state index contributed by atoms with van der Waals surface area (Å²) in [5.41, 5.74) is 2.40. The van der Waals surface area contributed by atoms with Crippen LogP contribution in [0.15, 0.2) is 18.2 Å². The van der Waals surface area contributed by atoms with E-state index in [0.29, 0.717) is 31.0 Å². The largest absolute Gasteiger partial charge is 0.349 e. The van der Waals surface area contributed by atoms with Crippen molar-refractivity contribution in [3.05, 3.63) is 34.9 Å². The Morgan fingerprint density at radius 1 is 1.10 bits per heavy atom. The Labute approximate surface area is 170 Å². The number of rotatable bonds is 6. The molecule has 0 radical (unpaired) electrons. The van der Waals surface area contributed by atoms with Crippen molar-refractivity contribution in [2.24, 2.45) is 5.92 Å². The molecule has 2 heterocycles. The fourth-order valence-electron chi connectivity index (χ4n) is 4.65. The van der Waals surface area contributed by atoms with Crippen LogP contribution in [0.2, 0.25) is 0 Å². The van der Waals surface area contributed by atoms with Crippen molar-refractivity contribution in [1.82, 2.24) is 15.5 Å². The molecule has 1 atom stereocenters. The van der Waals surface area contributed by atoms with Crippen LogP contribution in [0.1, 0.15) is 66.4 Å². The summed E-state index contributed by atoms with van der Waals surface area (Å²) in [5.74, 6) is -0.858. The molecule has 1 aromatic rings. The molecule has 1 aromatic carbocycles. The fraction of sp³-hybridized carbons (Fsp3) is 0.545. The quantitative estimate of drug-likeness (QED) is 0.714. The molecule has 2 aliphatic heterocycles. The lowest BCUT2D eigenvalue weighted by atomic mass is 9.89. The van der Waals surface area contributed by atoms with Gasteiger partial charge in [-0.05, 0) is 42.4 Å². The SMILES string of the molecule is O=C(NCC1CCCCC1)C(=O)C1CCC(=O)N1Cc1ccc2c(c1)CNC2=O. The average molecular weight is 397 g/mol. The minimum atomic E-state index is -0.707. The maximum atomic E-state index is 12.7. The third-order valence-electron chi connectivity index (χ3n) is 6.34. The summed E-state index contributed by atoms with van der Waals surface area (Å²) in [6.45, 7) is 1.28. The molecule has 0 spiro atoms. The van der Waals surface area contributed by atoms with E-state index < -0.39 is 17.7 Å². The van der Waals surface area contributed by atoms with Gasteiger partial charge < -0.3 is 15.5 Å². The molecule has 1 unspecified atom stereocenters. The Morgan fingerprint density at radius 2 is 1.90 bits per heavy atom. The summed E-state index contributed by atoms with van der Waals surface area (Å²) < 4.78 is 0. The highest BCUT2D eigenvalue weighted by atomic mass is 16.2. The van der Waals surface area contributed by atoms with Gasteiger partial charge in [-0.2, -0.15) is 0 Å². The number of fused-ring (bicyclic) bond motifs is 1. The predicted molar refractivity (Wildman–Crippen MR) is 106 cm³/mol. The van der Waals surface area contributed by atoms with E-state index in [9.17, 15) is 19.2 Å². The number of Topliss-reactive ketones (excluding diaryl/α,β-unsaturated/α-hetero) is 1. The van der Waals surface area contributed by atoms with Crippen molar-refractivity contribution in [3.8, 4) is 0 Å². The van der Waals surface area contributed by atoms with Crippen LogP contribution in [0.3, 0.4) is 0 Å². The number of hydrogen-bond donors (Lipinski definition) is 2. The smallest absolute Gasteiger partial charge is 0.289 e. The van der Waals surface area contributed by atoms with Gasteiger partial charge >= 0.3 is 0 Å². The van der Waals surface area contributed by atoms with Gasteiger partial charge in [0.1, 0.15) is 6.04 Å². The van der Waals surface area contributed by atoms with Crippen LogP contribution in [0.5, 0.6) is 0 Å². The highest BCUT2D eigenvalue weighted by molar-refractivity contribution is 6.38. The summed E-state index contributed by atoms with van der Waals surface area (Å²) in [6, 6.07) is 4.74. The van der Waals surface area contributed by atoms with E-state index in [1.165, 1.54) is 24.2 Å². The molecule has 3 amide bonds. The molecular weight excluding hydrogens is 370 g/mol. The first-order chi connectivity index (χ1) is 14.0. The van der Waals surface area contributed by atoms with Crippen LogP contribution >= 0.6 is 0 Å². The molecule has 154 valence electrons. The number of nitrogens with one attached hydrogen (secondary N) is 2. The molecule has 7 nitrogen and oxygen atoms in total. The summed E-state index contributed by atoms with van der Waals surface area (Å²) in [4.78, 5) is 50.7. The van der Waals surface area contributed by atoms with Gasteiger partial charge in [-0.3, -0.25) is 19.2 Å². The third kappa shape index (κ3) is 4.18. The third-order valence-corrected chi connectivity index (χ3v) is 6.34. The van der Waals surface area contributed by atoms with Crippen LogP contribution < -0.4 is 10.6 Å². The Balaban J connectivity index is 1.39. The number of ketones is 1. The van der Waals surface area contributed by atoms with E-state index in [1.807, 2.05) is 6.07 Å². The van der Waals surface area contributed by atoms with Crippen LogP contribution in [0, 0.1) is 5.92 Å². The van der Waals surface area contributed by atoms with Crippen molar-refractivity contribution in [2.75, 3.05) is 6.54 Å². The highest BCUT2D eigenvalue weighted by Gasteiger charge is 2.39. The van der Waals surface area contributed by atoms with E-state index >= 15 is 0 Å². The van der Waals surface area contributed by atoms with E-state index in [0.717, 1.165) is 24.0 Å². The Hall–Kier alpha value is -2.70. The van der Waals surface area contributed by atoms with Crippen molar-refractivity contribution >= 4 is 23.5 Å². The van der Waals surface area contributed by atoms with Crippen LogP contribution in [-0.4, -0.2) is 41.0 Å². The van der Waals surface area contributed by atoms with Gasteiger partial charge in [-0.25, -0.2) is 0 Å². The molecule has 3 aliphatic rings. The van der Waals surface area contributed by atoms with Gasteiger partial charge in [-0.1, -0.05) is 31.4 Å². The zero-order valence-electron chi connectivity index (χ0n) is 16.5. The van der Waals surface area contributed by atoms with E-state index in [2.05, 4.69) is 10.6 Å². The molecular formula is C22H27N3O4. The molecule has 2 N–H and O–H groups in total. The summed E-state index contributed by atoms with van der Waals surface area (Å²) in [5, 5.41) is 5.57. The number of likely N-dealkylation sites (tertiary alicyclic amines) is 1. The fourth-order valence-corrected chi connectivity index (χ4v) is 4.65. The summed E-state index contributed by atoms with van der Waals surface area (Å²) >= 11 is 0. The van der Waals surface area contributed by atoms with Crippen LogP contribution in [-0.2, 0) is 27.5 Å². The van der Waals surface area contributed by atoms with Crippen LogP contribution in [0.4, 0.5) is 0 Å². The zero-order chi connectivity index (χ0) is 20.4. The number of hydrogen-bond acceptors (Lipinski definition) is 4. The summed E-state index contributed by atoms with van der Waals surface area (Å²) in [6.07, 6.45) is 6.45.